The lowest BCUT2D eigenvalue weighted by Crippen LogP contribution is -2.29. The van der Waals surface area contributed by atoms with Crippen molar-refractivity contribution in [3.05, 3.63) is 96.1 Å². The third-order valence-corrected chi connectivity index (χ3v) is 6.92. The average molecular weight is 453 g/mol. The average Bonchev–Trinajstić information content (AvgIpc) is 2.81. The number of ether oxygens (including phenoxy) is 1. The van der Waals surface area contributed by atoms with Gasteiger partial charge in [0.1, 0.15) is 12.4 Å². The van der Waals surface area contributed by atoms with Crippen LogP contribution >= 0.6 is 0 Å². The van der Waals surface area contributed by atoms with Crippen molar-refractivity contribution < 1.29 is 17.9 Å². The molecule has 0 aliphatic rings. The molecule has 0 saturated heterocycles. The summed E-state index contributed by atoms with van der Waals surface area (Å²) >= 11 is 0. The van der Waals surface area contributed by atoms with E-state index in [4.69, 9.17) is 4.74 Å². The highest BCUT2D eigenvalue weighted by Gasteiger charge is 2.18. The highest BCUT2D eigenvalue weighted by molar-refractivity contribution is 7.89. The third-order valence-electron chi connectivity index (χ3n) is 5.09. The van der Waals surface area contributed by atoms with Gasteiger partial charge in [-0.1, -0.05) is 60.7 Å². The van der Waals surface area contributed by atoms with Crippen LogP contribution in [0.3, 0.4) is 0 Å². The van der Waals surface area contributed by atoms with Crippen molar-refractivity contribution in [2.75, 3.05) is 27.2 Å². The molecule has 0 atom stereocenters. The maximum Gasteiger partial charge on any atom is 0.242 e. The van der Waals surface area contributed by atoms with Gasteiger partial charge < -0.3 is 10.1 Å². The number of carbonyl (C=O) groups excluding carboxylic acids is 1. The van der Waals surface area contributed by atoms with Crippen molar-refractivity contribution in [1.29, 1.82) is 0 Å². The van der Waals surface area contributed by atoms with Gasteiger partial charge in [0.15, 0.2) is 0 Å². The number of hydrogen-bond acceptors (Lipinski definition) is 4. The minimum atomic E-state index is -3.47. The van der Waals surface area contributed by atoms with Gasteiger partial charge in [-0.05, 0) is 35.4 Å². The standard InChI is InChI=1S/C25H28N2O4S/c1-27(2)32(29,30)23-15-13-22(14-16-23)31-18-17-26-25(28)19-24(20-9-5-3-6-10-20)21-11-7-4-8-12-21/h3-16,24H,17-19H2,1-2H3,(H,26,28). The Kier molecular flexibility index (Phi) is 8.03. The van der Waals surface area contributed by atoms with E-state index >= 15 is 0 Å². The SMILES string of the molecule is CN(C)S(=O)(=O)c1ccc(OCCNC(=O)CC(c2ccccc2)c2ccccc2)cc1. The summed E-state index contributed by atoms with van der Waals surface area (Å²) in [5, 5.41) is 2.91. The van der Waals surface area contributed by atoms with Crippen LogP contribution in [0.5, 0.6) is 5.75 Å². The van der Waals surface area contributed by atoms with E-state index in [-0.39, 0.29) is 23.3 Å². The smallest absolute Gasteiger partial charge is 0.242 e. The number of hydrogen-bond donors (Lipinski definition) is 1. The van der Waals surface area contributed by atoms with Crippen LogP contribution in [0.1, 0.15) is 23.5 Å². The van der Waals surface area contributed by atoms with Crippen molar-refractivity contribution >= 4 is 15.9 Å². The molecule has 6 nitrogen and oxygen atoms in total. The normalized spacial score (nSPS) is 11.5. The zero-order chi connectivity index (χ0) is 23.0. The molecule has 1 amide bonds. The highest BCUT2D eigenvalue weighted by Crippen LogP contribution is 2.27. The van der Waals surface area contributed by atoms with Gasteiger partial charge in [-0.15, -0.1) is 0 Å². The van der Waals surface area contributed by atoms with Crippen molar-refractivity contribution in [3.63, 3.8) is 0 Å². The summed E-state index contributed by atoms with van der Waals surface area (Å²) in [6.07, 6.45) is 0.338. The van der Waals surface area contributed by atoms with Crippen LogP contribution in [-0.4, -0.2) is 45.9 Å². The van der Waals surface area contributed by atoms with E-state index in [2.05, 4.69) is 5.32 Å². The molecule has 1 N–H and O–H groups in total. The first kappa shape index (κ1) is 23.5. The quantitative estimate of drug-likeness (QED) is 0.477. The van der Waals surface area contributed by atoms with Gasteiger partial charge in [-0.25, -0.2) is 12.7 Å². The Morgan fingerprint density at radius 2 is 1.41 bits per heavy atom. The lowest BCUT2D eigenvalue weighted by atomic mass is 9.88. The van der Waals surface area contributed by atoms with Gasteiger partial charge in [0.25, 0.3) is 0 Å². The fraction of sp³-hybridized carbons (Fsp3) is 0.240. The Morgan fingerprint density at radius 1 is 0.875 bits per heavy atom. The van der Waals surface area contributed by atoms with E-state index in [1.807, 2.05) is 60.7 Å². The van der Waals surface area contributed by atoms with E-state index in [0.29, 0.717) is 18.7 Å². The maximum atomic E-state index is 12.6. The van der Waals surface area contributed by atoms with Gasteiger partial charge >= 0.3 is 0 Å². The monoisotopic (exact) mass is 452 g/mol. The molecule has 3 aromatic rings. The molecule has 0 spiro atoms. The van der Waals surface area contributed by atoms with Crippen molar-refractivity contribution in [3.8, 4) is 5.75 Å². The van der Waals surface area contributed by atoms with E-state index in [1.54, 1.807) is 12.1 Å². The molecule has 0 aromatic heterocycles. The van der Waals surface area contributed by atoms with Crippen LogP contribution in [0, 0.1) is 0 Å². The number of nitrogens with zero attached hydrogens (tertiary/aromatic N) is 1. The van der Waals surface area contributed by atoms with Crippen molar-refractivity contribution in [2.45, 2.75) is 17.2 Å². The summed E-state index contributed by atoms with van der Waals surface area (Å²) in [6, 6.07) is 26.2. The minimum Gasteiger partial charge on any atom is -0.492 e. The van der Waals surface area contributed by atoms with Crippen LogP contribution < -0.4 is 10.1 Å². The van der Waals surface area contributed by atoms with E-state index in [1.165, 1.54) is 26.2 Å². The second-order valence-electron chi connectivity index (χ2n) is 7.54. The zero-order valence-corrected chi connectivity index (χ0v) is 19.1. The molecule has 0 radical (unpaired) electrons. The first-order chi connectivity index (χ1) is 15.4. The molecule has 3 aromatic carbocycles. The lowest BCUT2D eigenvalue weighted by Gasteiger charge is -2.18. The van der Waals surface area contributed by atoms with Gasteiger partial charge in [0, 0.05) is 26.4 Å². The molecule has 0 fully saturated rings. The van der Waals surface area contributed by atoms with Gasteiger partial charge in [0.2, 0.25) is 15.9 Å². The molecular weight excluding hydrogens is 424 g/mol. The summed E-state index contributed by atoms with van der Waals surface area (Å²) in [5.74, 6) is 0.464. The summed E-state index contributed by atoms with van der Waals surface area (Å²) in [7, 11) is -0.489. The Morgan fingerprint density at radius 3 is 1.91 bits per heavy atom. The summed E-state index contributed by atoms with van der Waals surface area (Å²) in [6.45, 7) is 0.639. The molecule has 0 aliphatic carbocycles. The topological polar surface area (TPSA) is 75.7 Å². The number of amides is 1. The Balaban J connectivity index is 1.52. The molecule has 32 heavy (non-hydrogen) atoms. The Bertz CT molecular complexity index is 1060. The molecule has 0 bridgehead atoms. The van der Waals surface area contributed by atoms with Crippen molar-refractivity contribution in [2.24, 2.45) is 0 Å². The molecule has 0 aliphatic heterocycles. The highest BCUT2D eigenvalue weighted by atomic mass is 32.2. The predicted molar refractivity (Wildman–Crippen MR) is 125 cm³/mol. The number of benzene rings is 3. The minimum absolute atomic E-state index is 0.0236. The summed E-state index contributed by atoms with van der Waals surface area (Å²) in [5.41, 5.74) is 2.19. The molecule has 3 rings (SSSR count). The fourth-order valence-corrected chi connectivity index (χ4v) is 4.24. The Labute approximate surface area is 189 Å². The molecule has 0 saturated carbocycles. The van der Waals surface area contributed by atoms with Crippen LogP contribution in [0.25, 0.3) is 0 Å². The molecular formula is C25H28N2O4S. The first-order valence-corrected chi connectivity index (χ1v) is 11.8. The summed E-state index contributed by atoms with van der Waals surface area (Å²) in [4.78, 5) is 12.8. The van der Waals surface area contributed by atoms with Gasteiger partial charge in [0.05, 0.1) is 11.4 Å². The Hall–Kier alpha value is -3.16. The zero-order valence-electron chi connectivity index (χ0n) is 18.3. The molecule has 0 unspecified atom stereocenters. The van der Waals surface area contributed by atoms with Crippen LogP contribution in [0.2, 0.25) is 0 Å². The van der Waals surface area contributed by atoms with E-state index in [9.17, 15) is 13.2 Å². The number of nitrogens with one attached hydrogen (secondary N) is 1. The molecule has 7 heteroatoms. The summed E-state index contributed by atoms with van der Waals surface area (Å²) < 4.78 is 31.0. The largest absolute Gasteiger partial charge is 0.492 e. The number of rotatable bonds is 10. The fourth-order valence-electron chi connectivity index (χ4n) is 3.33. The lowest BCUT2D eigenvalue weighted by molar-refractivity contribution is -0.121. The van der Waals surface area contributed by atoms with Gasteiger partial charge in [-0.2, -0.15) is 0 Å². The maximum absolute atomic E-state index is 12.6. The van der Waals surface area contributed by atoms with Gasteiger partial charge in [-0.3, -0.25) is 4.79 Å². The van der Waals surface area contributed by atoms with Crippen LogP contribution in [-0.2, 0) is 14.8 Å². The molecule has 0 heterocycles. The van der Waals surface area contributed by atoms with Crippen LogP contribution in [0.4, 0.5) is 0 Å². The first-order valence-electron chi connectivity index (χ1n) is 10.4. The van der Waals surface area contributed by atoms with E-state index < -0.39 is 10.0 Å². The van der Waals surface area contributed by atoms with Crippen molar-refractivity contribution in [1.82, 2.24) is 9.62 Å². The number of sulfonamides is 1. The second kappa shape index (κ2) is 10.9. The third kappa shape index (κ3) is 6.18. The predicted octanol–water partition coefficient (Wildman–Crippen LogP) is 3.65. The second-order valence-corrected chi connectivity index (χ2v) is 9.69. The molecule has 168 valence electrons. The van der Waals surface area contributed by atoms with Crippen LogP contribution in [0.15, 0.2) is 89.8 Å². The number of carbonyl (C=O) groups is 1. The van der Waals surface area contributed by atoms with E-state index in [0.717, 1.165) is 15.4 Å².